The van der Waals surface area contributed by atoms with E-state index in [9.17, 15) is 24.0 Å². The second-order valence-electron chi connectivity index (χ2n) is 16.6. The lowest BCUT2D eigenvalue weighted by Crippen LogP contribution is -2.54. The number of nitrogens with one attached hydrogen (secondary N) is 1. The molecule has 0 spiro atoms. The van der Waals surface area contributed by atoms with Gasteiger partial charge in [0.15, 0.2) is 0 Å². The number of carbonyl (C=O) groups excluding carboxylic acids is 4. The topological polar surface area (TPSA) is 150 Å². The van der Waals surface area contributed by atoms with E-state index >= 15 is 0 Å². The van der Waals surface area contributed by atoms with Crippen molar-refractivity contribution in [2.24, 2.45) is 13.0 Å². The highest BCUT2D eigenvalue weighted by Crippen LogP contribution is 2.39. The Balaban J connectivity index is 0.856. The lowest BCUT2D eigenvalue weighted by molar-refractivity contribution is -0.136. The van der Waals surface area contributed by atoms with Crippen molar-refractivity contribution in [3.8, 4) is 22.6 Å². The number of benzene rings is 2. The fourth-order valence-corrected chi connectivity index (χ4v) is 9.49. The van der Waals surface area contributed by atoms with Crippen LogP contribution in [0.4, 0.5) is 11.5 Å². The second kappa shape index (κ2) is 17.7. The number of fused-ring (bicyclic) bond motifs is 2. The van der Waals surface area contributed by atoms with Crippen LogP contribution in [0.2, 0.25) is 0 Å². The van der Waals surface area contributed by atoms with Gasteiger partial charge < -0.3 is 28.7 Å². The second-order valence-corrected chi connectivity index (χ2v) is 16.6. The fraction of sp³-hybridized carbons (Fsp3) is 0.478. The highest BCUT2D eigenvalue weighted by Gasteiger charge is 2.45. The van der Waals surface area contributed by atoms with Crippen LogP contribution in [0.1, 0.15) is 72.2 Å². The lowest BCUT2D eigenvalue weighted by atomic mass is 9.92. The average molecular weight is 833 g/mol. The Morgan fingerprint density at radius 1 is 0.787 bits per heavy atom. The maximum Gasteiger partial charge on any atom is 0.262 e. The Kier molecular flexibility index (Phi) is 12.1. The highest BCUT2D eigenvalue weighted by molar-refractivity contribution is 6.23. The van der Waals surface area contributed by atoms with Gasteiger partial charge in [0.25, 0.3) is 17.4 Å². The van der Waals surface area contributed by atoms with E-state index in [0.717, 1.165) is 128 Å². The first-order valence-electron chi connectivity index (χ1n) is 21.6. The molecule has 4 aliphatic heterocycles. The quantitative estimate of drug-likeness (QED) is 0.192. The molecule has 1 N–H and O–H groups in total. The van der Waals surface area contributed by atoms with Gasteiger partial charge in [-0.3, -0.25) is 39.1 Å². The molecular weight excluding hydrogens is 777 g/mol. The monoisotopic (exact) mass is 832 g/mol. The van der Waals surface area contributed by atoms with Crippen LogP contribution < -0.4 is 30.1 Å². The fourth-order valence-electron chi connectivity index (χ4n) is 9.49. The molecule has 0 saturated carbocycles. The number of anilines is 2. The van der Waals surface area contributed by atoms with Gasteiger partial charge >= 0.3 is 0 Å². The van der Waals surface area contributed by atoms with E-state index in [1.54, 1.807) is 44.2 Å². The van der Waals surface area contributed by atoms with Gasteiger partial charge in [0.1, 0.15) is 23.4 Å². The van der Waals surface area contributed by atoms with E-state index in [4.69, 9.17) is 9.47 Å². The number of aromatic nitrogens is 2. The number of nitrogens with zero attached hydrogens (tertiary/aromatic N) is 7. The minimum absolute atomic E-state index is 0.0906. The van der Waals surface area contributed by atoms with Gasteiger partial charge in [0.2, 0.25) is 11.8 Å². The van der Waals surface area contributed by atoms with Crippen LogP contribution in [0.15, 0.2) is 53.6 Å². The van der Waals surface area contributed by atoms with Crippen LogP contribution in [-0.4, -0.2) is 127 Å². The zero-order valence-electron chi connectivity index (χ0n) is 35.9. The molecule has 4 aliphatic rings. The number of piperidine rings is 2. The zero-order valence-corrected chi connectivity index (χ0v) is 35.9. The van der Waals surface area contributed by atoms with Crippen molar-refractivity contribution in [2.45, 2.75) is 58.5 Å². The van der Waals surface area contributed by atoms with Gasteiger partial charge in [-0.25, -0.2) is 4.98 Å². The minimum Gasteiger partial charge on any atom is -0.496 e. The number of aryl methyl sites for hydroxylation is 1. The van der Waals surface area contributed by atoms with Gasteiger partial charge in [-0.15, -0.1) is 0 Å². The highest BCUT2D eigenvalue weighted by atomic mass is 16.5. The van der Waals surface area contributed by atoms with E-state index in [2.05, 4.69) is 55.9 Å². The van der Waals surface area contributed by atoms with Gasteiger partial charge in [-0.1, -0.05) is 0 Å². The molecule has 322 valence electrons. The number of pyridine rings is 2. The number of piperazine rings is 1. The van der Waals surface area contributed by atoms with Crippen LogP contribution in [0.25, 0.3) is 21.9 Å². The van der Waals surface area contributed by atoms with Crippen molar-refractivity contribution in [3.05, 3.63) is 75.8 Å². The van der Waals surface area contributed by atoms with E-state index in [1.807, 2.05) is 18.3 Å². The normalized spacial score (nSPS) is 19.1. The van der Waals surface area contributed by atoms with Gasteiger partial charge in [0.05, 0.1) is 36.3 Å². The zero-order chi connectivity index (χ0) is 42.9. The van der Waals surface area contributed by atoms with E-state index < -0.39 is 23.8 Å². The van der Waals surface area contributed by atoms with Crippen LogP contribution in [0.3, 0.4) is 0 Å². The van der Waals surface area contributed by atoms with Crippen molar-refractivity contribution in [3.63, 3.8) is 0 Å². The summed E-state index contributed by atoms with van der Waals surface area (Å²) < 4.78 is 13.6. The summed E-state index contributed by atoms with van der Waals surface area (Å²) in [6, 6.07) is 10.5. The molecule has 1 atom stereocenters. The van der Waals surface area contributed by atoms with Crippen molar-refractivity contribution in [1.29, 1.82) is 0 Å². The van der Waals surface area contributed by atoms with Crippen molar-refractivity contribution < 1.29 is 28.7 Å². The van der Waals surface area contributed by atoms with Crippen molar-refractivity contribution in [1.82, 2.24) is 29.6 Å². The molecule has 4 aromatic rings. The third-order valence-electron chi connectivity index (χ3n) is 13.2. The smallest absolute Gasteiger partial charge is 0.262 e. The molecule has 2 aromatic carbocycles. The molecule has 3 saturated heterocycles. The molecule has 15 heteroatoms. The molecule has 0 radical (unpaired) electrons. The number of carbonyl (C=O) groups is 4. The summed E-state index contributed by atoms with van der Waals surface area (Å²) in [6.45, 7) is 13.1. The molecular formula is C46H56N8O7. The molecule has 61 heavy (non-hydrogen) atoms. The Morgan fingerprint density at radius 3 is 2.11 bits per heavy atom. The SMILES string of the molecule is CCN(CC)c1cc2c(-c3cc(OC)c(CN4CCN(CCC5CCN(c6ccc7c(c6)C(=O)N(C6CCC(=O)NC6=O)C7=O)CC5)CC4)c(OC)c3)cn(C)c(=O)c2cn1. The molecule has 3 fully saturated rings. The number of hydrogen-bond donors (Lipinski definition) is 1. The van der Waals surface area contributed by atoms with Gasteiger partial charge in [-0.2, -0.15) is 0 Å². The molecule has 0 aliphatic carbocycles. The van der Waals surface area contributed by atoms with Crippen LogP contribution in [0.5, 0.6) is 11.5 Å². The Hall–Kier alpha value is -5.80. The maximum absolute atomic E-state index is 13.4. The maximum atomic E-state index is 13.4. The van der Waals surface area contributed by atoms with Crippen molar-refractivity contribution in [2.75, 3.05) is 82.9 Å². The van der Waals surface area contributed by atoms with Crippen LogP contribution in [0, 0.1) is 5.92 Å². The first-order valence-corrected chi connectivity index (χ1v) is 21.6. The first-order chi connectivity index (χ1) is 29.5. The Bertz CT molecular complexity index is 2390. The van der Waals surface area contributed by atoms with E-state index in [0.29, 0.717) is 29.0 Å². The third kappa shape index (κ3) is 8.20. The molecule has 4 amide bonds. The standard InChI is InChI=1S/C46H56N8O7/c1-6-52(7-2)41-25-33-35(26-47-41)44(57)49(3)27-36(33)30-22-39(60-4)37(40(23-30)61-5)28-51-20-18-50(19-21-51)15-12-29-13-16-53(17-14-29)31-8-9-32-34(24-31)46(59)54(45(32)58)38-10-11-42(55)48-43(38)56/h8-9,22-27,29,38H,6-7,10-21,28H2,1-5H3,(H,48,55,56). The molecule has 2 aromatic heterocycles. The summed E-state index contributed by atoms with van der Waals surface area (Å²) in [4.78, 5) is 79.0. The Labute approximate surface area is 356 Å². The number of hydrogen-bond acceptors (Lipinski definition) is 12. The first kappa shape index (κ1) is 41.9. The molecule has 15 nitrogen and oxygen atoms in total. The van der Waals surface area contributed by atoms with Crippen molar-refractivity contribution >= 4 is 45.9 Å². The predicted molar refractivity (Wildman–Crippen MR) is 233 cm³/mol. The summed E-state index contributed by atoms with van der Waals surface area (Å²) in [5, 5.41) is 3.66. The molecule has 8 rings (SSSR count). The predicted octanol–water partition coefficient (Wildman–Crippen LogP) is 4.29. The van der Waals surface area contributed by atoms with Crippen LogP contribution >= 0.6 is 0 Å². The minimum atomic E-state index is -0.968. The number of ether oxygens (including phenoxy) is 2. The summed E-state index contributed by atoms with van der Waals surface area (Å²) in [5.41, 5.74) is 4.26. The number of amides is 4. The average Bonchev–Trinajstić information content (AvgIpc) is 3.52. The molecule has 6 heterocycles. The molecule has 1 unspecified atom stereocenters. The summed E-state index contributed by atoms with van der Waals surface area (Å²) >= 11 is 0. The third-order valence-corrected chi connectivity index (χ3v) is 13.2. The number of rotatable bonds is 13. The van der Waals surface area contributed by atoms with E-state index in [-0.39, 0.29) is 24.3 Å². The number of imide groups is 2. The van der Waals surface area contributed by atoms with Gasteiger partial charge in [-0.05, 0) is 94.0 Å². The van der Waals surface area contributed by atoms with E-state index in [1.165, 1.54) is 0 Å². The summed E-state index contributed by atoms with van der Waals surface area (Å²) in [6.07, 6.45) is 7.03. The summed E-state index contributed by atoms with van der Waals surface area (Å²) in [5.74, 6) is 0.988. The molecule has 0 bridgehead atoms. The van der Waals surface area contributed by atoms with Gasteiger partial charge in [0, 0.05) is 101 Å². The summed E-state index contributed by atoms with van der Waals surface area (Å²) in [7, 11) is 5.16. The Morgan fingerprint density at radius 2 is 1.46 bits per heavy atom. The number of methoxy groups -OCH3 is 2. The largest absolute Gasteiger partial charge is 0.496 e. The van der Waals surface area contributed by atoms with Crippen LogP contribution in [-0.2, 0) is 23.2 Å². The lowest BCUT2D eigenvalue weighted by Gasteiger charge is -2.37.